The number of benzene rings is 1. The van der Waals surface area contributed by atoms with Gasteiger partial charge < -0.3 is 10.7 Å². The van der Waals surface area contributed by atoms with Gasteiger partial charge in [0.2, 0.25) is 29.1 Å². The van der Waals surface area contributed by atoms with Crippen LogP contribution < -0.4 is 3.79 Å². The van der Waals surface area contributed by atoms with Gasteiger partial charge in [0.1, 0.15) is 0 Å². The van der Waals surface area contributed by atoms with Crippen LogP contribution in [0.3, 0.4) is 0 Å². The zero-order chi connectivity index (χ0) is 18.2. The first kappa shape index (κ1) is 20.6. The Hall–Kier alpha value is -0.444. The van der Waals surface area contributed by atoms with Crippen LogP contribution in [0.15, 0.2) is 0 Å². The molecular formula is C12H18AlF5O3Si2. The standard InChI is InChI=1S/C6HF5O.2C3H9OSi.Al/c7-1-2(8)4(10)6(12)5(11)3(1)9;2*1-5(2,3)4;/h12H;2*1-3H3;/q;2*-1;+3/p-1. The Morgan fingerprint density at radius 1 is 0.609 bits per heavy atom. The van der Waals surface area contributed by atoms with Crippen molar-refractivity contribution in [2.24, 2.45) is 0 Å². The average molecular weight is 388 g/mol. The molecule has 0 saturated heterocycles. The lowest BCUT2D eigenvalue weighted by molar-refractivity contribution is 0.274. The molecule has 0 N–H and O–H groups in total. The molecule has 11 heteroatoms. The fourth-order valence-electron chi connectivity index (χ4n) is 1.43. The van der Waals surface area contributed by atoms with Gasteiger partial charge in [-0.3, -0.25) is 0 Å². The van der Waals surface area contributed by atoms with E-state index in [1.165, 1.54) is 0 Å². The third-order valence-electron chi connectivity index (χ3n) is 2.28. The maximum absolute atomic E-state index is 13.7. The molecular weight excluding hydrogens is 370 g/mol. The van der Waals surface area contributed by atoms with Gasteiger partial charge >= 0.3 is 15.1 Å². The fourth-order valence-corrected chi connectivity index (χ4v) is 7.46. The maximum atomic E-state index is 13.7. The highest BCUT2D eigenvalue weighted by atomic mass is 28.4. The van der Waals surface area contributed by atoms with E-state index < -0.39 is 66.6 Å². The van der Waals surface area contributed by atoms with E-state index in [0.717, 1.165) is 0 Å². The molecule has 0 bridgehead atoms. The van der Waals surface area contributed by atoms with E-state index in [-0.39, 0.29) is 0 Å². The topological polar surface area (TPSA) is 27.7 Å². The molecule has 0 amide bonds. The Morgan fingerprint density at radius 2 is 0.913 bits per heavy atom. The molecule has 1 rings (SSSR count). The Morgan fingerprint density at radius 3 is 1.22 bits per heavy atom. The molecule has 0 spiro atoms. The second-order valence-electron chi connectivity index (χ2n) is 6.77. The second-order valence-corrected chi connectivity index (χ2v) is 17.9. The molecule has 0 saturated carbocycles. The van der Waals surface area contributed by atoms with Crippen molar-refractivity contribution in [1.82, 2.24) is 0 Å². The average Bonchev–Trinajstić information content (AvgIpc) is 2.35. The lowest BCUT2D eigenvalue weighted by Crippen LogP contribution is -2.47. The van der Waals surface area contributed by atoms with Crippen molar-refractivity contribution in [1.29, 1.82) is 0 Å². The van der Waals surface area contributed by atoms with Crippen molar-refractivity contribution in [2.45, 2.75) is 39.3 Å². The summed E-state index contributed by atoms with van der Waals surface area (Å²) in [6.07, 6.45) is 0. The minimum atomic E-state index is -3.14. The summed E-state index contributed by atoms with van der Waals surface area (Å²) in [4.78, 5) is 0. The van der Waals surface area contributed by atoms with Crippen LogP contribution in [0.5, 0.6) is 5.75 Å². The van der Waals surface area contributed by atoms with E-state index in [0.29, 0.717) is 0 Å². The van der Waals surface area contributed by atoms with Crippen molar-refractivity contribution in [3.8, 4) is 5.75 Å². The monoisotopic (exact) mass is 388 g/mol. The summed E-state index contributed by atoms with van der Waals surface area (Å²) in [5.41, 5.74) is 0. The molecule has 0 aliphatic carbocycles. The smallest absolute Gasteiger partial charge is 0.595 e. The van der Waals surface area contributed by atoms with Crippen LogP contribution in [0.25, 0.3) is 0 Å². The summed E-state index contributed by atoms with van der Waals surface area (Å²) < 4.78 is 83.2. The molecule has 0 atom stereocenters. The van der Waals surface area contributed by atoms with Crippen LogP contribution >= 0.6 is 0 Å². The van der Waals surface area contributed by atoms with E-state index in [2.05, 4.69) is 0 Å². The summed E-state index contributed by atoms with van der Waals surface area (Å²) in [6, 6.07) is 0. The van der Waals surface area contributed by atoms with Crippen LogP contribution in [0, 0.1) is 29.1 Å². The zero-order valence-corrected chi connectivity index (χ0v) is 16.8. The van der Waals surface area contributed by atoms with Crippen molar-refractivity contribution in [2.75, 3.05) is 0 Å². The lowest BCUT2D eigenvalue weighted by Gasteiger charge is -2.28. The first-order valence-electron chi connectivity index (χ1n) is 6.76. The minimum Gasteiger partial charge on any atom is -0.595 e. The third kappa shape index (κ3) is 5.84. The first-order valence-corrected chi connectivity index (χ1v) is 15.0. The number of halogens is 5. The van der Waals surface area contributed by atoms with Crippen molar-refractivity contribution in [3.05, 3.63) is 29.1 Å². The third-order valence-corrected chi connectivity index (χ3v) is 9.91. The zero-order valence-electron chi connectivity index (χ0n) is 13.7. The summed E-state index contributed by atoms with van der Waals surface area (Å²) in [6.45, 7) is 10.8. The van der Waals surface area contributed by atoms with E-state index in [1.54, 1.807) is 39.3 Å². The van der Waals surface area contributed by atoms with Crippen LogP contribution in [-0.4, -0.2) is 31.8 Å². The molecule has 3 nitrogen and oxygen atoms in total. The number of hydrogen-bond donors (Lipinski definition) is 0. The normalized spacial score (nSPS) is 12.5. The van der Waals surface area contributed by atoms with Crippen molar-refractivity contribution >= 4 is 31.8 Å². The molecule has 0 radical (unpaired) electrons. The highest BCUT2D eigenvalue weighted by Gasteiger charge is 2.45. The van der Waals surface area contributed by atoms with E-state index in [9.17, 15) is 22.0 Å². The highest BCUT2D eigenvalue weighted by Crippen LogP contribution is 2.30. The van der Waals surface area contributed by atoms with Crippen molar-refractivity contribution < 1.29 is 32.7 Å². The quantitative estimate of drug-likeness (QED) is 0.312. The van der Waals surface area contributed by atoms with Crippen LogP contribution in [0.2, 0.25) is 39.3 Å². The molecule has 0 unspecified atom stereocenters. The summed E-state index contributed by atoms with van der Waals surface area (Å²) in [5.74, 6) is -11.8. The lowest BCUT2D eigenvalue weighted by atomic mass is 10.3. The Kier molecular flexibility index (Phi) is 6.45. The van der Waals surface area contributed by atoms with Gasteiger partial charge in [-0.1, -0.05) is 0 Å². The van der Waals surface area contributed by atoms with Gasteiger partial charge in [-0.25, -0.2) is 13.2 Å². The molecule has 0 heterocycles. The predicted octanol–water partition coefficient (Wildman–Crippen LogP) is 4.45. The minimum absolute atomic E-state index is 1.35. The Balaban J connectivity index is 3.23. The van der Waals surface area contributed by atoms with Gasteiger partial charge in [0.15, 0.2) is 22.4 Å². The van der Waals surface area contributed by atoms with Gasteiger partial charge in [-0.05, 0) is 39.3 Å². The van der Waals surface area contributed by atoms with E-state index >= 15 is 0 Å². The Bertz CT molecular complexity index is 545. The van der Waals surface area contributed by atoms with Gasteiger partial charge in [0, 0.05) is 0 Å². The van der Waals surface area contributed by atoms with Gasteiger partial charge in [0.25, 0.3) is 0 Å². The highest BCUT2D eigenvalue weighted by molar-refractivity contribution is 6.79. The summed E-state index contributed by atoms with van der Waals surface area (Å²) in [7, 11) is -4.44. The molecule has 0 aromatic heterocycles. The van der Waals surface area contributed by atoms with Crippen LogP contribution in [0.1, 0.15) is 0 Å². The van der Waals surface area contributed by atoms with Gasteiger partial charge in [-0.15, -0.1) is 0 Å². The van der Waals surface area contributed by atoms with Gasteiger partial charge in [-0.2, -0.15) is 8.78 Å². The SMILES string of the molecule is C[Si](C)(C)[O][Al]([O]c1c(F)c(F)c(F)c(F)c1F)[O][Si](C)(C)C. The second kappa shape index (κ2) is 7.20. The number of hydrogen-bond acceptors (Lipinski definition) is 3. The van der Waals surface area contributed by atoms with Crippen LogP contribution in [-0.2, 0) is 6.96 Å². The van der Waals surface area contributed by atoms with E-state index in [1.807, 2.05) is 0 Å². The summed E-state index contributed by atoms with van der Waals surface area (Å²) in [5, 5.41) is 0. The first-order chi connectivity index (χ1) is 10.2. The van der Waals surface area contributed by atoms with E-state index in [4.69, 9.17) is 10.7 Å². The fraction of sp³-hybridized carbons (Fsp3) is 0.500. The molecule has 130 valence electrons. The Labute approximate surface area is 139 Å². The predicted molar refractivity (Wildman–Crippen MR) is 81.5 cm³/mol. The summed E-state index contributed by atoms with van der Waals surface area (Å²) >= 11 is -3.14. The van der Waals surface area contributed by atoms with Crippen molar-refractivity contribution in [3.63, 3.8) is 0 Å². The maximum Gasteiger partial charge on any atom is 0.979 e. The molecule has 1 aromatic carbocycles. The van der Waals surface area contributed by atoms with Gasteiger partial charge in [0.05, 0.1) is 0 Å². The van der Waals surface area contributed by atoms with Crippen LogP contribution in [0.4, 0.5) is 22.0 Å². The number of rotatable bonds is 6. The molecule has 0 aliphatic rings. The molecule has 0 aliphatic heterocycles. The largest absolute Gasteiger partial charge is 0.979 e. The molecule has 1 aromatic rings. The molecule has 23 heavy (non-hydrogen) atoms. The molecule has 0 fully saturated rings.